The molecule has 20 heavy (non-hydrogen) atoms. The highest BCUT2D eigenvalue weighted by Crippen LogP contribution is 2.27. The average molecular weight is 313 g/mol. The number of pyridine rings is 1. The van der Waals surface area contributed by atoms with Crippen LogP contribution in [0.4, 0.5) is 4.39 Å². The first kappa shape index (κ1) is 15.2. The van der Waals surface area contributed by atoms with E-state index in [0.717, 1.165) is 11.3 Å². The van der Waals surface area contributed by atoms with Crippen LogP contribution in [0.5, 0.6) is 0 Å². The van der Waals surface area contributed by atoms with Crippen LogP contribution in [0.2, 0.25) is 10.0 Å². The van der Waals surface area contributed by atoms with Crippen molar-refractivity contribution in [3.63, 3.8) is 0 Å². The summed E-state index contributed by atoms with van der Waals surface area (Å²) in [5.74, 6) is -0.338. The maximum Gasteiger partial charge on any atom is 0.141 e. The van der Waals surface area contributed by atoms with Crippen molar-refractivity contribution in [3.05, 3.63) is 63.6 Å². The van der Waals surface area contributed by atoms with Gasteiger partial charge in [-0.25, -0.2) is 4.39 Å². The van der Waals surface area contributed by atoms with Crippen LogP contribution in [0.3, 0.4) is 0 Å². The van der Waals surface area contributed by atoms with E-state index in [1.807, 2.05) is 26.0 Å². The van der Waals surface area contributed by atoms with Crippen molar-refractivity contribution in [1.29, 1.82) is 0 Å². The summed E-state index contributed by atoms with van der Waals surface area (Å²) in [6, 6.07) is 8.51. The van der Waals surface area contributed by atoms with Gasteiger partial charge in [-0.3, -0.25) is 4.98 Å². The molecule has 2 aromatic rings. The second-order valence-electron chi connectivity index (χ2n) is 4.68. The molecule has 0 aliphatic carbocycles. The standard InChI is InChI=1S/C15H15Cl2FN2/c1-9(13-5-3-11(16)7-14(13)17)20-10(2)15-6-4-12(18)8-19-15/h3-10,20H,1-2H3. The third-order valence-electron chi connectivity index (χ3n) is 3.12. The molecule has 0 spiro atoms. The number of nitrogens with zero attached hydrogens (tertiary/aromatic N) is 1. The maximum absolute atomic E-state index is 12.9. The number of hydrogen-bond acceptors (Lipinski definition) is 2. The Bertz CT molecular complexity index is 587. The van der Waals surface area contributed by atoms with Crippen molar-refractivity contribution in [1.82, 2.24) is 10.3 Å². The predicted molar refractivity (Wildman–Crippen MR) is 80.6 cm³/mol. The monoisotopic (exact) mass is 312 g/mol. The Kier molecular flexibility index (Phi) is 4.97. The maximum atomic E-state index is 12.9. The van der Waals surface area contributed by atoms with Gasteiger partial charge in [0.1, 0.15) is 5.82 Å². The zero-order valence-electron chi connectivity index (χ0n) is 11.2. The number of hydrogen-bond donors (Lipinski definition) is 1. The number of aromatic nitrogens is 1. The molecule has 0 radical (unpaired) electrons. The molecule has 2 nitrogen and oxygen atoms in total. The molecule has 1 aromatic carbocycles. The first-order valence-corrected chi connectivity index (χ1v) is 7.05. The minimum absolute atomic E-state index is 0.0163. The third-order valence-corrected chi connectivity index (χ3v) is 3.69. The zero-order chi connectivity index (χ0) is 14.7. The number of halogens is 3. The fourth-order valence-electron chi connectivity index (χ4n) is 2.05. The van der Waals surface area contributed by atoms with Crippen LogP contribution in [0, 0.1) is 5.82 Å². The molecule has 5 heteroatoms. The molecular formula is C15H15Cl2FN2. The molecule has 2 rings (SSSR count). The van der Waals surface area contributed by atoms with Crippen LogP contribution in [-0.4, -0.2) is 4.98 Å². The van der Waals surface area contributed by atoms with Gasteiger partial charge in [-0.15, -0.1) is 0 Å². The summed E-state index contributed by atoms with van der Waals surface area (Å²) < 4.78 is 12.9. The van der Waals surface area contributed by atoms with Crippen molar-refractivity contribution in [2.45, 2.75) is 25.9 Å². The Morgan fingerprint density at radius 2 is 1.85 bits per heavy atom. The second-order valence-corrected chi connectivity index (χ2v) is 5.52. The highest BCUT2D eigenvalue weighted by molar-refractivity contribution is 6.35. The molecule has 0 fully saturated rings. The minimum atomic E-state index is -0.338. The Labute approximate surface area is 127 Å². The fourth-order valence-corrected chi connectivity index (χ4v) is 2.62. The quantitative estimate of drug-likeness (QED) is 0.865. The Balaban J connectivity index is 2.10. The number of nitrogens with one attached hydrogen (secondary N) is 1. The molecule has 2 atom stereocenters. The van der Waals surface area contributed by atoms with E-state index < -0.39 is 0 Å². The Morgan fingerprint density at radius 1 is 1.10 bits per heavy atom. The predicted octanol–water partition coefficient (Wildman–Crippen LogP) is 4.94. The van der Waals surface area contributed by atoms with Gasteiger partial charge in [0.05, 0.1) is 11.9 Å². The summed E-state index contributed by atoms with van der Waals surface area (Å²) in [5.41, 5.74) is 1.74. The molecule has 0 saturated heterocycles. The summed E-state index contributed by atoms with van der Waals surface area (Å²) in [4.78, 5) is 4.07. The molecule has 1 N–H and O–H groups in total. The fraction of sp³-hybridized carbons (Fsp3) is 0.267. The van der Waals surface area contributed by atoms with E-state index in [1.54, 1.807) is 12.1 Å². The molecule has 1 aromatic heterocycles. The van der Waals surface area contributed by atoms with E-state index in [9.17, 15) is 4.39 Å². The lowest BCUT2D eigenvalue weighted by Crippen LogP contribution is -2.23. The molecule has 1 heterocycles. The normalized spacial score (nSPS) is 14.1. The van der Waals surface area contributed by atoms with E-state index in [0.29, 0.717) is 10.0 Å². The van der Waals surface area contributed by atoms with E-state index in [1.165, 1.54) is 12.3 Å². The Morgan fingerprint density at radius 3 is 2.45 bits per heavy atom. The molecule has 0 amide bonds. The average Bonchev–Trinajstić information content (AvgIpc) is 2.39. The van der Waals surface area contributed by atoms with Gasteiger partial charge in [-0.05, 0) is 43.7 Å². The lowest BCUT2D eigenvalue weighted by atomic mass is 10.1. The van der Waals surface area contributed by atoms with Gasteiger partial charge >= 0.3 is 0 Å². The van der Waals surface area contributed by atoms with Gasteiger partial charge in [0.25, 0.3) is 0 Å². The number of rotatable bonds is 4. The smallest absolute Gasteiger partial charge is 0.141 e. The summed E-state index contributed by atoms with van der Waals surface area (Å²) in [7, 11) is 0. The van der Waals surface area contributed by atoms with Crippen LogP contribution >= 0.6 is 23.2 Å². The van der Waals surface area contributed by atoms with Gasteiger partial charge in [0, 0.05) is 22.1 Å². The summed E-state index contributed by atoms with van der Waals surface area (Å²) in [5, 5.41) is 4.61. The van der Waals surface area contributed by atoms with Crippen molar-refractivity contribution < 1.29 is 4.39 Å². The molecule has 0 aliphatic heterocycles. The second kappa shape index (κ2) is 6.53. The summed E-state index contributed by atoms with van der Waals surface area (Å²) in [6.07, 6.45) is 1.22. The van der Waals surface area contributed by atoms with E-state index in [-0.39, 0.29) is 17.9 Å². The minimum Gasteiger partial charge on any atom is -0.302 e. The lowest BCUT2D eigenvalue weighted by Gasteiger charge is -2.21. The highest BCUT2D eigenvalue weighted by Gasteiger charge is 2.14. The van der Waals surface area contributed by atoms with Crippen LogP contribution < -0.4 is 5.32 Å². The van der Waals surface area contributed by atoms with Crippen molar-refractivity contribution >= 4 is 23.2 Å². The topological polar surface area (TPSA) is 24.9 Å². The molecular weight excluding hydrogens is 298 g/mol. The highest BCUT2D eigenvalue weighted by atomic mass is 35.5. The molecule has 0 aliphatic rings. The van der Waals surface area contributed by atoms with Crippen molar-refractivity contribution in [2.75, 3.05) is 0 Å². The SMILES string of the molecule is CC(NC(C)c1ccc(Cl)cc1Cl)c1ccc(F)cn1. The largest absolute Gasteiger partial charge is 0.302 e. The van der Waals surface area contributed by atoms with Crippen molar-refractivity contribution in [2.24, 2.45) is 0 Å². The van der Waals surface area contributed by atoms with Crippen molar-refractivity contribution in [3.8, 4) is 0 Å². The summed E-state index contributed by atoms with van der Waals surface area (Å²) in [6.45, 7) is 3.98. The molecule has 0 saturated carbocycles. The van der Waals surface area contributed by atoms with Crippen LogP contribution in [0.15, 0.2) is 36.5 Å². The summed E-state index contributed by atoms with van der Waals surface area (Å²) >= 11 is 12.1. The van der Waals surface area contributed by atoms with Gasteiger partial charge < -0.3 is 5.32 Å². The van der Waals surface area contributed by atoms with E-state index in [4.69, 9.17) is 23.2 Å². The molecule has 106 valence electrons. The van der Waals surface area contributed by atoms with Crippen LogP contribution in [0.25, 0.3) is 0 Å². The van der Waals surface area contributed by atoms with Crippen LogP contribution in [0.1, 0.15) is 37.2 Å². The first-order chi connectivity index (χ1) is 9.47. The van der Waals surface area contributed by atoms with Gasteiger partial charge in [-0.2, -0.15) is 0 Å². The van der Waals surface area contributed by atoms with Gasteiger partial charge in [0.15, 0.2) is 0 Å². The third kappa shape index (κ3) is 3.69. The number of benzene rings is 1. The van der Waals surface area contributed by atoms with Crippen LogP contribution in [-0.2, 0) is 0 Å². The lowest BCUT2D eigenvalue weighted by molar-refractivity contribution is 0.484. The van der Waals surface area contributed by atoms with E-state index in [2.05, 4.69) is 10.3 Å². The molecule has 0 bridgehead atoms. The Hall–Kier alpha value is -1.16. The van der Waals surface area contributed by atoms with E-state index >= 15 is 0 Å². The van der Waals surface area contributed by atoms with Gasteiger partial charge in [0.2, 0.25) is 0 Å². The first-order valence-electron chi connectivity index (χ1n) is 6.30. The van der Waals surface area contributed by atoms with Gasteiger partial charge in [-0.1, -0.05) is 29.3 Å². The molecule has 2 unspecified atom stereocenters. The zero-order valence-corrected chi connectivity index (χ0v) is 12.7.